The lowest BCUT2D eigenvalue weighted by Gasteiger charge is -2.37. The molecule has 0 amide bonds. The smallest absolute Gasteiger partial charge is 0.0444 e. The van der Waals surface area contributed by atoms with E-state index in [0.717, 1.165) is 5.02 Å². The summed E-state index contributed by atoms with van der Waals surface area (Å²) in [5, 5.41) is 0.899. The van der Waals surface area contributed by atoms with Crippen LogP contribution in [-0.4, -0.2) is 24.5 Å². The quantitative estimate of drug-likeness (QED) is 0.702. The van der Waals surface area contributed by atoms with Crippen LogP contribution in [-0.2, 0) is 0 Å². The second-order valence-corrected chi connectivity index (χ2v) is 6.79. The summed E-state index contributed by atoms with van der Waals surface area (Å²) in [4.78, 5) is 2.53. The maximum Gasteiger partial charge on any atom is 0.0444 e. The van der Waals surface area contributed by atoms with E-state index in [4.69, 9.17) is 11.6 Å². The van der Waals surface area contributed by atoms with Gasteiger partial charge in [0.25, 0.3) is 0 Å². The average Bonchev–Trinajstić information content (AvgIpc) is 2.89. The van der Waals surface area contributed by atoms with E-state index in [0.29, 0.717) is 17.9 Å². The molecule has 0 bridgehead atoms. The second-order valence-electron chi connectivity index (χ2n) is 6.38. The number of fused-ring (bicyclic) bond motifs is 3. The third-order valence-electron chi connectivity index (χ3n) is 5.35. The van der Waals surface area contributed by atoms with Gasteiger partial charge in [-0.2, -0.15) is 0 Å². The largest absolute Gasteiger partial charge is 0.303 e. The van der Waals surface area contributed by atoms with E-state index in [1.165, 1.54) is 30.5 Å². The number of hydrogen-bond donors (Lipinski definition) is 0. The van der Waals surface area contributed by atoms with Crippen LogP contribution in [0.25, 0.3) is 0 Å². The molecule has 1 fully saturated rings. The lowest BCUT2D eigenvalue weighted by atomic mass is 9.71. The molecule has 0 saturated carbocycles. The summed E-state index contributed by atoms with van der Waals surface area (Å²) < 4.78 is 0. The van der Waals surface area contributed by atoms with Gasteiger partial charge in [0.05, 0.1) is 0 Å². The van der Waals surface area contributed by atoms with Crippen LogP contribution in [0.5, 0.6) is 0 Å². The van der Waals surface area contributed by atoms with E-state index in [1.807, 2.05) is 12.1 Å². The fourth-order valence-electron chi connectivity index (χ4n) is 4.30. The van der Waals surface area contributed by atoms with Gasteiger partial charge >= 0.3 is 0 Å². The molecule has 1 nitrogen and oxygen atoms in total. The van der Waals surface area contributed by atoms with Crippen molar-refractivity contribution in [1.82, 2.24) is 4.90 Å². The molecule has 2 aliphatic rings. The lowest BCUT2D eigenvalue weighted by molar-refractivity contribution is 0.265. The number of benzene rings is 2. The van der Waals surface area contributed by atoms with E-state index in [-0.39, 0.29) is 12.4 Å². The minimum absolute atomic E-state index is 0. The Morgan fingerprint density at radius 1 is 0.955 bits per heavy atom. The lowest BCUT2D eigenvalue weighted by Crippen LogP contribution is -2.34. The van der Waals surface area contributed by atoms with Crippen molar-refractivity contribution < 1.29 is 0 Å². The van der Waals surface area contributed by atoms with Gasteiger partial charge < -0.3 is 4.90 Å². The van der Waals surface area contributed by atoms with Gasteiger partial charge in [0.1, 0.15) is 0 Å². The summed E-state index contributed by atoms with van der Waals surface area (Å²) in [5.74, 6) is 1.13. The van der Waals surface area contributed by atoms with Crippen LogP contribution in [0.15, 0.2) is 48.5 Å². The fourth-order valence-corrected chi connectivity index (χ4v) is 4.57. The molecule has 0 N–H and O–H groups in total. The van der Waals surface area contributed by atoms with Crippen LogP contribution in [0.3, 0.4) is 0 Å². The topological polar surface area (TPSA) is 3.24 Å². The molecule has 1 aliphatic heterocycles. The normalized spacial score (nSPS) is 26.9. The van der Waals surface area contributed by atoms with Crippen molar-refractivity contribution in [1.29, 1.82) is 0 Å². The van der Waals surface area contributed by atoms with Gasteiger partial charge in [0.2, 0.25) is 0 Å². The number of likely N-dealkylation sites (tertiary alicyclic amines) is 1. The number of rotatable bonds is 1. The molecular formula is C19H21Cl2N. The van der Waals surface area contributed by atoms with Gasteiger partial charge in [-0.3, -0.25) is 0 Å². The van der Waals surface area contributed by atoms with E-state index >= 15 is 0 Å². The molecule has 116 valence electrons. The molecular weight excluding hydrogens is 313 g/mol. The maximum atomic E-state index is 6.49. The first kappa shape index (κ1) is 15.9. The highest BCUT2D eigenvalue weighted by Gasteiger charge is 2.41. The Bertz CT molecular complexity index is 670. The fraction of sp³-hybridized carbons (Fsp3) is 0.368. The van der Waals surface area contributed by atoms with Gasteiger partial charge in [-0.05, 0) is 49.2 Å². The highest BCUT2D eigenvalue weighted by molar-refractivity contribution is 6.31. The molecule has 0 aromatic heterocycles. The van der Waals surface area contributed by atoms with Gasteiger partial charge in [-0.15, -0.1) is 12.4 Å². The van der Waals surface area contributed by atoms with Crippen LogP contribution in [0.2, 0.25) is 5.02 Å². The summed E-state index contributed by atoms with van der Waals surface area (Å²) >= 11 is 6.49. The average molecular weight is 334 g/mol. The molecule has 2 aromatic rings. The molecule has 0 unspecified atom stereocenters. The van der Waals surface area contributed by atoms with Crippen molar-refractivity contribution in [3.63, 3.8) is 0 Å². The molecule has 1 aliphatic carbocycles. The third-order valence-corrected chi connectivity index (χ3v) is 5.70. The van der Waals surface area contributed by atoms with Crippen LogP contribution in [0.1, 0.15) is 41.4 Å². The predicted octanol–water partition coefficient (Wildman–Crippen LogP) is 5.09. The van der Waals surface area contributed by atoms with Gasteiger partial charge in [0, 0.05) is 22.9 Å². The SMILES string of the molecule is CN1CC[C@@H]2c3ccccc3[C@@H](c3ccccc3Cl)C[C@@H]21.Cl. The Hall–Kier alpha value is -1.02. The van der Waals surface area contributed by atoms with E-state index < -0.39 is 0 Å². The number of likely N-dealkylation sites (N-methyl/N-ethyl adjacent to an activating group) is 1. The first-order valence-corrected chi connectivity index (χ1v) is 8.17. The second kappa shape index (κ2) is 6.23. The van der Waals surface area contributed by atoms with Gasteiger partial charge in [-0.1, -0.05) is 54.1 Å². The Labute approximate surface area is 143 Å². The van der Waals surface area contributed by atoms with Crippen molar-refractivity contribution >= 4 is 24.0 Å². The summed E-state index contributed by atoms with van der Waals surface area (Å²) in [5.41, 5.74) is 4.32. The van der Waals surface area contributed by atoms with Gasteiger partial charge in [-0.25, -0.2) is 0 Å². The molecule has 3 atom stereocenters. The van der Waals surface area contributed by atoms with Crippen LogP contribution in [0.4, 0.5) is 0 Å². The maximum absolute atomic E-state index is 6.49. The summed E-state index contributed by atoms with van der Waals surface area (Å²) in [6.07, 6.45) is 2.47. The molecule has 2 aromatic carbocycles. The Morgan fingerprint density at radius 3 is 2.32 bits per heavy atom. The molecule has 4 rings (SSSR count). The predicted molar refractivity (Wildman–Crippen MR) is 95.4 cm³/mol. The van der Waals surface area contributed by atoms with Crippen molar-refractivity contribution in [3.8, 4) is 0 Å². The molecule has 22 heavy (non-hydrogen) atoms. The van der Waals surface area contributed by atoms with Crippen molar-refractivity contribution in [2.24, 2.45) is 0 Å². The monoisotopic (exact) mass is 333 g/mol. The molecule has 1 saturated heterocycles. The highest BCUT2D eigenvalue weighted by atomic mass is 35.5. The van der Waals surface area contributed by atoms with E-state index in [9.17, 15) is 0 Å². The van der Waals surface area contributed by atoms with Crippen molar-refractivity contribution in [2.45, 2.75) is 30.7 Å². The van der Waals surface area contributed by atoms with Crippen LogP contribution < -0.4 is 0 Å². The Balaban J connectivity index is 0.00000144. The first-order chi connectivity index (χ1) is 10.3. The van der Waals surface area contributed by atoms with E-state index in [1.54, 1.807) is 5.56 Å². The Kier molecular flexibility index (Phi) is 4.49. The zero-order valence-electron chi connectivity index (χ0n) is 12.7. The highest BCUT2D eigenvalue weighted by Crippen LogP contribution is 2.48. The minimum atomic E-state index is 0. The summed E-state index contributed by atoms with van der Waals surface area (Å²) in [7, 11) is 2.27. The molecule has 0 spiro atoms. The zero-order chi connectivity index (χ0) is 14.4. The first-order valence-electron chi connectivity index (χ1n) is 7.79. The standard InChI is InChI=1S/C19H20ClN.ClH/c1-21-11-10-16-13-6-2-3-7-14(13)17(12-19(16)21)15-8-4-5-9-18(15)20;/h2-9,16-17,19H,10-12H2,1H3;1H/t16-,17+,19+;/m1./s1. The van der Waals surface area contributed by atoms with Crippen molar-refractivity contribution in [2.75, 3.05) is 13.6 Å². The number of hydrogen-bond acceptors (Lipinski definition) is 1. The minimum Gasteiger partial charge on any atom is -0.303 e. The molecule has 3 heteroatoms. The Morgan fingerprint density at radius 2 is 1.59 bits per heavy atom. The number of nitrogens with zero attached hydrogens (tertiary/aromatic N) is 1. The van der Waals surface area contributed by atoms with E-state index in [2.05, 4.69) is 48.3 Å². The van der Waals surface area contributed by atoms with Crippen LogP contribution in [0, 0.1) is 0 Å². The van der Waals surface area contributed by atoms with Crippen molar-refractivity contribution in [3.05, 3.63) is 70.2 Å². The van der Waals surface area contributed by atoms with Crippen LogP contribution >= 0.6 is 24.0 Å². The van der Waals surface area contributed by atoms with Gasteiger partial charge in [0.15, 0.2) is 0 Å². The molecule has 1 heterocycles. The summed E-state index contributed by atoms with van der Waals surface area (Å²) in [6, 6.07) is 18.0. The third kappa shape index (κ3) is 2.46. The summed E-state index contributed by atoms with van der Waals surface area (Å²) in [6.45, 7) is 1.21. The molecule has 0 radical (unpaired) electrons. The number of halogens is 2. The zero-order valence-corrected chi connectivity index (χ0v) is 14.3.